The summed E-state index contributed by atoms with van der Waals surface area (Å²) in [5.41, 5.74) is -0.203. The van der Waals surface area contributed by atoms with Gasteiger partial charge in [-0.05, 0) is 19.3 Å². The lowest BCUT2D eigenvalue weighted by molar-refractivity contribution is 0.177. The summed E-state index contributed by atoms with van der Waals surface area (Å²) in [6.07, 6.45) is 5.65. The van der Waals surface area contributed by atoms with Gasteiger partial charge in [0.2, 0.25) is 0 Å². The molecule has 1 aliphatic carbocycles. The molecule has 62 valence electrons. The van der Waals surface area contributed by atoms with Crippen molar-refractivity contribution in [2.75, 3.05) is 0 Å². The fraction of sp³-hybridized carbons (Fsp3) is 0.625. The molecule has 0 bridgehead atoms. The minimum atomic E-state index is -0.921. The molecule has 11 heavy (non-hydrogen) atoms. The summed E-state index contributed by atoms with van der Waals surface area (Å²) in [4.78, 5) is 10.4. The number of rotatable bonds is 2. The van der Waals surface area contributed by atoms with E-state index in [-0.39, 0.29) is 5.54 Å². The van der Waals surface area contributed by atoms with E-state index < -0.39 is 6.09 Å². The van der Waals surface area contributed by atoms with Gasteiger partial charge in [0.1, 0.15) is 0 Å². The van der Waals surface area contributed by atoms with E-state index in [9.17, 15) is 4.79 Å². The highest BCUT2D eigenvalue weighted by Gasteiger charge is 2.30. The number of amides is 1. The van der Waals surface area contributed by atoms with Crippen LogP contribution >= 0.6 is 0 Å². The van der Waals surface area contributed by atoms with Gasteiger partial charge in [0, 0.05) is 5.54 Å². The molecule has 0 saturated heterocycles. The zero-order valence-corrected chi connectivity index (χ0v) is 6.63. The first-order valence-electron chi connectivity index (χ1n) is 3.85. The summed E-state index contributed by atoms with van der Waals surface area (Å²) in [7, 11) is 0. The minimum absolute atomic E-state index is 0.203. The van der Waals surface area contributed by atoms with Crippen LogP contribution in [0.5, 0.6) is 0 Å². The third-order valence-electron chi connectivity index (χ3n) is 2.23. The molecule has 0 saturated carbocycles. The Morgan fingerprint density at radius 2 is 2.18 bits per heavy atom. The van der Waals surface area contributed by atoms with Crippen molar-refractivity contribution in [3.8, 4) is 0 Å². The molecule has 0 heterocycles. The molecular weight excluding hydrogens is 142 g/mol. The van der Waals surface area contributed by atoms with Crippen LogP contribution in [0.15, 0.2) is 12.2 Å². The van der Waals surface area contributed by atoms with Crippen LogP contribution in [0.3, 0.4) is 0 Å². The summed E-state index contributed by atoms with van der Waals surface area (Å²) >= 11 is 0. The van der Waals surface area contributed by atoms with Gasteiger partial charge in [-0.2, -0.15) is 0 Å². The van der Waals surface area contributed by atoms with E-state index in [0.717, 1.165) is 19.3 Å². The van der Waals surface area contributed by atoms with Crippen molar-refractivity contribution in [3.63, 3.8) is 0 Å². The molecule has 3 nitrogen and oxygen atoms in total. The van der Waals surface area contributed by atoms with E-state index in [0.29, 0.717) is 0 Å². The van der Waals surface area contributed by atoms with Gasteiger partial charge < -0.3 is 10.4 Å². The van der Waals surface area contributed by atoms with Crippen molar-refractivity contribution in [2.24, 2.45) is 0 Å². The highest BCUT2D eigenvalue weighted by molar-refractivity contribution is 5.65. The zero-order chi connectivity index (χ0) is 8.32. The van der Waals surface area contributed by atoms with E-state index in [1.54, 1.807) is 0 Å². The molecule has 1 rings (SSSR count). The van der Waals surface area contributed by atoms with Crippen molar-refractivity contribution in [1.82, 2.24) is 5.32 Å². The van der Waals surface area contributed by atoms with Gasteiger partial charge in [-0.25, -0.2) is 4.79 Å². The second-order valence-electron chi connectivity index (χ2n) is 2.94. The molecule has 0 aromatic rings. The second kappa shape index (κ2) is 2.95. The van der Waals surface area contributed by atoms with Crippen LogP contribution in [-0.2, 0) is 0 Å². The Hall–Kier alpha value is -0.990. The Kier molecular flexibility index (Phi) is 2.17. The molecule has 0 spiro atoms. The van der Waals surface area contributed by atoms with Crippen molar-refractivity contribution >= 4 is 6.09 Å². The van der Waals surface area contributed by atoms with Gasteiger partial charge in [0.25, 0.3) is 0 Å². The number of carbonyl (C=O) groups is 1. The summed E-state index contributed by atoms with van der Waals surface area (Å²) in [6.45, 7) is 2.00. The number of hydrogen-bond acceptors (Lipinski definition) is 1. The lowest BCUT2D eigenvalue weighted by Gasteiger charge is -2.26. The van der Waals surface area contributed by atoms with Gasteiger partial charge in [0.05, 0.1) is 0 Å². The van der Waals surface area contributed by atoms with Crippen LogP contribution in [0.4, 0.5) is 4.79 Å². The molecule has 1 aliphatic rings. The van der Waals surface area contributed by atoms with Crippen molar-refractivity contribution in [3.05, 3.63) is 12.2 Å². The summed E-state index contributed by atoms with van der Waals surface area (Å²) in [5.74, 6) is 0. The van der Waals surface area contributed by atoms with E-state index >= 15 is 0 Å². The molecule has 2 N–H and O–H groups in total. The lowest BCUT2D eigenvalue weighted by Crippen LogP contribution is -2.45. The largest absolute Gasteiger partial charge is 0.465 e. The van der Waals surface area contributed by atoms with Crippen molar-refractivity contribution < 1.29 is 9.90 Å². The van der Waals surface area contributed by atoms with Gasteiger partial charge in [0.15, 0.2) is 0 Å². The highest BCUT2D eigenvalue weighted by Crippen LogP contribution is 2.26. The van der Waals surface area contributed by atoms with E-state index in [4.69, 9.17) is 5.11 Å². The molecule has 1 amide bonds. The van der Waals surface area contributed by atoms with Gasteiger partial charge in [-0.1, -0.05) is 19.1 Å². The molecule has 0 aromatic heterocycles. The molecule has 0 aliphatic heterocycles. The van der Waals surface area contributed by atoms with Crippen molar-refractivity contribution in [2.45, 2.75) is 31.7 Å². The third-order valence-corrected chi connectivity index (χ3v) is 2.23. The molecule has 0 unspecified atom stereocenters. The topological polar surface area (TPSA) is 49.3 Å². The Balaban J connectivity index is 2.54. The van der Waals surface area contributed by atoms with Crippen LogP contribution in [0.25, 0.3) is 0 Å². The smallest absolute Gasteiger partial charge is 0.405 e. The quantitative estimate of drug-likeness (QED) is 0.597. The van der Waals surface area contributed by atoms with Crippen LogP contribution < -0.4 is 5.32 Å². The van der Waals surface area contributed by atoms with Gasteiger partial charge in [-0.3, -0.25) is 0 Å². The predicted molar refractivity (Wildman–Crippen MR) is 42.6 cm³/mol. The standard InChI is InChI=1S/C8H13NO2/c1-2-8(9-7(10)11)5-3-4-6-8/h3-4,9H,2,5-6H2,1H3,(H,10,11). The molecule has 3 heteroatoms. The first-order valence-corrected chi connectivity index (χ1v) is 3.85. The van der Waals surface area contributed by atoms with Gasteiger partial charge in [-0.15, -0.1) is 0 Å². The summed E-state index contributed by atoms with van der Waals surface area (Å²) in [6, 6.07) is 0. The average molecular weight is 155 g/mol. The first kappa shape index (κ1) is 8.11. The Labute approximate surface area is 66.1 Å². The fourth-order valence-electron chi connectivity index (χ4n) is 1.41. The maximum absolute atomic E-state index is 10.4. The van der Waals surface area contributed by atoms with Crippen LogP contribution in [0.1, 0.15) is 26.2 Å². The SMILES string of the molecule is CCC1(NC(=O)O)CC=CC1. The van der Waals surface area contributed by atoms with Gasteiger partial charge >= 0.3 is 6.09 Å². The Bertz CT molecular complexity index is 179. The monoisotopic (exact) mass is 155 g/mol. The second-order valence-corrected chi connectivity index (χ2v) is 2.94. The Morgan fingerprint density at radius 1 is 1.64 bits per heavy atom. The highest BCUT2D eigenvalue weighted by atomic mass is 16.4. The van der Waals surface area contributed by atoms with Crippen LogP contribution in [0, 0.1) is 0 Å². The molecule has 0 radical (unpaired) electrons. The van der Waals surface area contributed by atoms with Crippen LogP contribution in [-0.4, -0.2) is 16.7 Å². The third kappa shape index (κ3) is 1.73. The number of nitrogens with one attached hydrogen (secondary N) is 1. The first-order chi connectivity index (χ1) is 5.18. The van der Waals surface area contributed by atoms with Crippen LogP contribution in [0.2, 0.25) is 0 Å². The fourth-order valence-corrected chi connectivity index (χ4v) is 1.41. The zero-order valence-electron chi connectivity index (χ0n) is 6.63. The normalized spacial score (nSPS) is 20.1. The number of hydrogen-bond donors (Lipinski definition) is 2. The minimum Gasteiger partial charge on any atom is -0.465 e. The predicted octanol–water partition coefficient (Wildman–Crippen LogP) is 1.75. The average Bonchev–Trinajstić information content (AvgIpc) is 2.36. The summed E-state index contributed by atoms with van der Waals surface area (Å²) < 4.78 is 0. The molecular formula is C8H13NO2. The maximum Gasteiger partial charge on any atom is 0.405 e. The lowest BCUT2D eigenvalue weighted by atomic mass is 9.94. The molecule has 0 fully saturated rings. The van der Waals surface area contributed by atoms with E-state index in [1.807, 2.05) is 19.1 Å². The molecule has 0 atom stereocenters. The molecule has 0 aromatic carbocycles. The Morgan fingerprint density at radius 3 is 2.55 bits per heavy atom. The summed E-state index contributed by atoms with van der Waals surface area (Å²) in [5, 5.41) is 11.1. The van der Waals surface area contributed by atoms with E-state index in [2.05, 4.69) is 5.32 Å². The number of carboxylic acid groups (broad SMARTS) is 1. The van der Waals surface area contributed by atoms with Crippen molar-refractivity contribution in [1.29, 1.82) is 0 Å². The maximum atomic E-state index is 10.4. The van der Waals surface area contributed by atoms with E-state index in [1.165, 1.54) is 0 Å².